The number of aryl methyl sites for hydroxylation is 1. The van der Waals surface area contributed by atoms with Crippen LogP contribution in [0.15, 0.2) is 16.5 Å². The Hall–Kier alpha value is -1.98. The minimum absolute atomic E-state index is 0.0956. The molecule has 3 N–H and O–H groups in total. The second-order valence-electron chi connectivity index (χ2n) is 3.71. The lowest BCUT2D eigenvalue weighted by atomic mass is 10.2. The van der Waals surface area contributed by atoms with E-state index in [4.69, 9.17) is 9.52 Å². The summed E-state index contributed by atoms with van der Waals surface area (Å²) < 4.78 is 5.35. The van der Waals surface area contributed by atoms with Crippen LogP contribution in [0.1, 0.15) is 30.9 Å². The summed E-state index contributed by atoms with van der Waals surface area (Å²) in [7, 11) is 0. The molecule has 1 rings (SSSR count). The molecule has 1 unspecified atom stereocenters. The Balaban J connectivity index is 2.33. The molecule has 0 aromatic carbocycles. The van der Waals surface area contributed by atoms with Gasteiger partial charge in [-0.15, -0.1) is 0 Å². The first-order valence-corrected chi connectivity index (χ1v) is 5.31. The quantitative estimate of drug-likeness (QED) is 0.725. The Kier molecular flexibility index (Phi) is 4.56. The fraction of sp³-hybridized carbons (Fsp3) is 0.455. The zero-order valence-corrected chi connectivity index (χ0v) is 9.82. The average molecular weight is 240 g/mol. The number of urea groups is 1. The standard InChI is InChI=1S/C11H16N2O4/c1-7-3-4-9(17-7)8(2)13-11(16)12-6-5-10(14)15/h3-4,8H,5-6H2,1-2H3,(H,14,15)(H2,12,13,16). The molecule has 1 heterocycles. The van der Waals surface area contributed by atoms with Gasteiger partial charge >= 0.3 is 12.0 Å². The number of aliphatic carboxylic acids is 1. The smallest absolute Gasteiger partial charge is 0.315 e. The van der Waals surface area contributed by atoms with Crippen molar-refractivity contribution in [1.82, 2.24) is 10.6 Å². The van der Waals surface area contributed by atoms with Crippen molar-refractivity contribution in [1.29, 1.82) is 0 Å². The van der Waals surface area contributed by atoms with Gasteiger partial charge in [-0.25, -0.2) is 4.79 Å². The van der Waals surface area contributed by atoms with Crippen LogP contribution in [0.4, 0.5) is 4.79 Å². The molecule has 6 nitrogen and oxygen atoms in total. The summed E-state index contributed by atoms with van der Waals surface area (Å²) in [5.41, 5.74) is 0. The van der Waals surface area contributed by atoms with Crippen molar-refractivity contribution in [3.8, 4) is 0 Å². The fourth-order valence-electron chi connectivity index (χ4n) is 1.29. The number of carboxylic acids is 1. The molecule has 0 bridgehead atoms. The summed E-state index contributed by atoms with van der Waals surface area (Å²) >= 11 is 0. The van der Waals surface area contributed by atoms with Crippen LogP contribution >= 0.6 is 0 Å². The number of hydrogen-bond donors (Lipinski definition) is 3. The van der Waals surface area contributed by atoms with Gasteiger partial charge in [0.2, 0.25) is 0 Å². The van der Waals surface area contributed by atoms with Crippen molar-refractivity contribution in [3.63, 3.8) is 0 Å². The number of furan rings is 1. The van der Waals surface area contributed by atoms with E-state index in [-0.39, 0.29) is 19.0 Å². The van der Waals surface area contributed by atoms with Crippen molar-refractivity contribution in [3.05, 3.63) is 23.7 Å². The van der Waals surface area contributed by atoms with Gasteiger partial charge in [0.1, 0.15) is 11.5 Å². The molecule has 1 aromatic heterocycles. The van der Waals surface area contributed by atoms with Gasteiger partial charge in [0.15, 0.2) is 0 Å². The maximum Gasteiger partial charge on any atom is 0.315 e. The van der Waals surface area contributed by atoms with E-state index in [0.717, 1.165) is 5.76 Å². The number of carbonyl (C=O) groups is 2. The van der Waals surface area contributed by atoms with Gasteiger partial charge in [-0.2, -0.15) is 0 Å². The van der Waals surface area contributed by atoms with Gasteiger partial charge in [0.25, 0.3) is 0 Å². The second kappa shape index (κ2) is 5.93. The average Bonchev–Trinajstić information content (AvgIpc) is 2.64. The maximum atomic E-state index is 11.4. The van der Waals surface area contributed by atoms with Crippen LogP contribution in [0, 0.1) is 6.92 Å². The van der Waals surface area contributed by atoms with Crippen LogP contribution in [-0.2, 0) is 4.79 Å². The highest BCUT2D eigenvalue weighted by Crippen LogP contribution is 2.14. The van der Waals surface area contributed by atoms with Gasteiger partial charge in [-0.3, -0.25) is 4.79 Å². The SMILES string of the molecule is Cc1ccc(C(C)NC(=O)NCCC(=O)O)o1. The molecule has 0 saturated heterocycles. The lowest BCUT2D eigenvalue weighted by Crippen LogP contribution is -2.37. The summed E-state index contributed by atoms with van der Waals surface area (Å²) in [5.74, 6) is 0.496. The lowest BCUT2D eigenvalue weighted by Gasteiger charge is -2.12. The Labute approximate surface area is 99.0 Å². The third-order valence-electron chi connectivity index (χ3n) is 2.16. The number of nitrogens with one attached hydrogen (secondary N) is 2. The van der Waals surface area contributed by atoms with Gasteiger partial charge in [0.05, 0.1) is 12.5 Å². The number of carbonyl (C=O) groups excluding carboxylic acids is 1. The predicted octanol–water partition coefficient (Wildman–Crippen LogP) is 1.42. The fourth-order valence-corrected chi connectivity index (χ4v) is 1.29. The lowest BCUT2D eigenvalue weighted by molar-refractivity contribution is -0.136. The Bertz CT molecular complexity index is 400. The largest absolute Gasteiger partial charge is 0.481 e. The van der Waals surface area contributed by atoms with Crippen LogP contribution in [0.3, 0.4) is 0 Å². The molecule has 2 amide bonds. The number of amides is 2. The first-order chi connectivity index (χ1) is 7.99. The van der Waals surface area contributed by atoms with Gasteiger partial charge in [-0.05, 0) is 26.0 Å². The predicted molar refractivity (Wildman–Crippen MR) is 60.6 cm³/mol. The molecule has 0 aliphatic carbocycles. The molecular weight excluding hydrogens is 224 g/mol. The molecule has 0 aliphatic rings. The highest BCUT2D eigenvalue weighted by molar-refractivity contribution is 5.75. The first kappa shape index (κ1) is 13.1. The van der Waals surface area contributed by atoms with Crippen LogP contribution < -0.4 is 10.6 Å². The van der Waals surface area contributed by atoms with E-state index in [9.17, 15) is 9.59 Å². The monoisotopic (exact) mass is 240 g/mol. The van der Waals surface area contributed by atoms with E-state index in [1.54, 1.807) is 13.0 Å². The van der Waals surface area contributed by atoms with Crippen LogP contribution in [0.2, 0.25) is 0 Å². The van der Waals surface area contributed by atoms with Crippen molar-refractivity contribution in [2.45, 2.75) is 26.3 Å². The molecule has 0 spiro atoms. The molecule has 17 heavy (non-hydrogen) atoms. The Morgan fingerprint density at radius 1 is 1.47 bits per heavy atom. The minimum Gasteiger partial charge on any atom is -0.481 e. The highest BCUT2D eigenvalue weighted by Gasteiger charge is 2.12. The third-order valence-corrected chi connectivity index (χ3v) is 2.16. The third kappa shape index (κ3) is 4.58. The Morgan fingerprint density at radius 3 is 2.71 bits per heavy atom. The van der Waals surface area contributed by atoms with Crippen LogP contribution in [0.5, 0.6) is 0 Å². The van der Waals surface area contributed by atoms with Crippen LogP contribution in [-0.4, -0.2) is 23.7 Å². The van der Waals surface area contributed by atoms with Crippen molar-refractivity contribution in [2.24, 2.45) is 0 Å². The molecule has 0 saturated carbocycles. The van der Waals surface area contributed by atoms with Gasteiger partial charge in [0, 0.05) is 6.54 Å². The number of hydrogen-bond acceptors (Lipinski definition) is 3. The summed E-state index contributed by atoms with van der Waals surface area (Å²) in [6, 6.07) is 2.94. The second-order valence-corrected chi connectivity index (χ2v) is 3.71. The van der Waals surface area contributed by atoms with E-state index < -0.39 is 12.0 Å². The minimum atomic E-state index is -0.944. The molecule has 94 valence electrons. The molecule has 0 fully saturated rings. The normalized spacial score (nSPS) is 11.9. The molecule has 6 heteroatoms. The van der Waals surface area contributed by atoms with E-state index >= 15 is 0 Å². The molecule has 0 aliphatic heterocycles. The summed E-state index contributed by atoms with van der Waals surface area (Å²) in [4.78, 5) is 21.6. The van der Waals surface area contributed by atoms with E-state index in [1.165, 1.54) is 0 Å². The number of rotatable bonds is 5. The highest BCUT2D eigenvalue weighted by atomic mass is 16.4. The van der Waals surface area contributed by atoms with E-state index in [0.29, 0.717) is 5.76 Å². The zero-order chi connectivity index (χ0) is 12.8. The van der Waals surface area contributed by atoms with Crippen LogP contribution in [0.25, 0.3) is 0 Å². The molecular formula is C11H16N2O4. The summed E-state index contributed by atoms with van der Waals surface area (Å²) in [5, 5.41) is 13.5. The summed E-state index contributed by atoms with van der Waals surface area (Å²) in [6.07, 6.45) is -0.0956. The van der Waals surface area contributed by atoms with E-state index in [1.807, 2.05) is 13.0 Å². The van der Waals surface area contributed by atoms with E-state index in [2.05, 4.69) is 10.6 Å². The van der Waals surface area contributed by atoms with Crippen molar-refractivity contribution < 1.29 is 19.1 Å². The molecule has 1 atom stereocenters. The topological polar surface area (TPSA) is 91.6 Å². The maximum absolute atomic E-state index is 11.4. The first-order valence-electron chi connectivity index (χ1n) is 5.31. The number of carboxylic acid groups (broad SMARTS) is 1. The molecule has 0 radical (unpaired) electrons. The Morgan fingerprint density at radius 2 is 2.18 bits per heavy atom. The zero-order valence-electron chi connectivity index (χ0n) is 9.82. The van der Waals surface area contributed by atoms with Gasteiger partial charge in [-0.1, -0.05) is 0 Å². The summed E-state index contributed by atoms with van der Waals surface area (Å²) in [6.45, 7) is 3.71. The molecule has 1 aromatic rings. The van der Waals surface area contributed by atoms with Crippen molar-refractivity contribution >= 4 is 12.0 Å². The van der Waals surface area contributed by atoms with Gasteiger partial charge < -0.3 is 20.2 Å². The van der Waals surface area contributed by atoms with Crippen molar-refractivity contribution in [2.75, 3.05) is 6.54 Å².